The molecular formula is C16H17FN2O3S. The molecule has 5 nitrogen and oxygen atoms in total. The number of nitrogens with one attached hydrogen (secondary N) is 2. The van der Waals surface area contributed by atoms with Gasteiger partial charge in [0.2, 0.25) is 10.0 Å². The molecule has 0 radical (unpaired) electrons. The Morgan fingerprint density at radius 1 is 1.09 bits per heavy atom. The average molecular weight is 336 g/mol. The van der Waals surface area contributed by atoms with Gasteiger partial charge in [0.15, 0.2) is 0 Å². The lowest BCUT2D eigenvalue weighted by molar-refractivity contribution is 0.0941. The van der Waals surface area contributed by atoms with Crippen molar-refractivity contribution in [2.24, 2.45) is 0 Å². The van der Waals surface area contributed by atoms with Gasteiger partial charge in [0.1, 0.15) is 5.82 Å². The van der Waals surface area contributed by atoms with E-state index in [0.29, 0.717) is 0 Å². The Bertz CT molecular complexity index is 804. The summed E-state index contributed by atoms with van der Waals surface area (Å²) >= 11 is 0. The van der Waals surface area contributed by atoms with Crippen LogP contribution in [0.3, 0.4) is 0 Å². The van der Waals surface area contributed by atoms with Crippen LogP contribution in [0.4, 0.5) is 10.1 Å². The van der Waals surface area contributed by atoms with E-state index < -0.39 is 15.9 Å². The highest BCUT2D eigenvalue weighted by molar-refractivity contribution is 7.92. The minimum atomic E-state index is -3.49. The second-order valence-corrected chi connectivity index (χ2v) is 6.91. The van der Waals surface area contributed by atoms with Crippen molar-refractivity contribution in [1.82, 2.24) is 5.32 Å². The van der Waals surface area contributed by atoms with Crippen molar-refractivity contribution in [3.05, 3.63) is 65.5 Å². The normalized spacial score (nSPS) is 12.5. The van der Waals surface area contributed by atoms with Crippen LogP contribution in [0, 0.1) is 5.82 Å². The quantitative estimate of drug-likeness (QED) is 0.881. The lowest BCUT2D eigenvalue weighted by atomic mass is 10.1. The maximum Gasteiger partial charge on any atom is 0.253 e. The van der Waals surface area contributed by atoms with Crippen LogP contribution in [-0.2, 0) is 10.0 Å². The number of para-hydroxylation sites is 1. The molecule has 0 saturated carbocycles. The van der Waals surface area contributed by atoms with Crippen molar-refractivity contribution in [3.8, 4) is 0 Å². The fourth-order valence-corrected chi connectivity index (χ4v) is 2.66. The molecule has 0 saturated heterocycles. The van der Waals surface area contributed by atoms with Gasteiger partial charge in [-0.25, -0.2) is 12.8 Å². The lowest BCUT2D eigenvalue weighted by Gasteiger charge is -2.16. The topological polar surface area (TPSA) is 75.3 Å². The van der Waals surface area contributed by atoms with Gasteiger partial charge in [-0.1, -0.05) is 24.3 Å². The molecule has 122 valence electrons. The van der Waals surface area contributed by atoms with Gasteiger partial charge in [0.25, 0.3) is 5.91 Å². The van der Waals surface area contributed by atoms with E-state index in [-0.39, 0.29) is 23.1 Å². The zero-order chi connectivity index (χ0) is 17.0. The van der Waals surface area contributed by atoms with Crippen molar-refractivity contribution < 1.29 is 17.6 Å². The van der Waals surface area contributed by atoms with Crippen LogP contribution in [-0.4, -0.2) is 20.6 Å². The average Bonchev–Trinajstić information content (AvgIpc) is 2.46. The Labute approximate surface area is 134 Å². The molecule has 0 aromatic heterocycles. The molecular weight excluding hydrogens is 319 g/mol. The first kappa shape index (κ1) is 17.0. The fraction of sp³-hybridized carbons (Fsp3) is 0.188. The Morgan fingerprint density at radius 2 is 1.70 bits per heavy atom. The van der Waals surface area contributed by atoms with Gasteiger partial charge in [0.05, 0.1) is 23.5 Å². The molecule has 23 heavy (non-hydrogen) atoms. The number of rotatable bonds is 5. The van der Waals surface area contributed by atoms with Gasteiger partial charge in [-0.15, -0.1) is 0 Å². The summed E-state index contributed by atoms with van der Waals surface area (Å²) in [5, 5.41) is 2.76. The van der Waals surface area contributed by atoms with Crippen LogP contribution >= 0.6 is 0 Å². The number of hydrogen-bond acceptors (Lipinski definition) is 3. The maximum atomic E-state index is 12.9. The molecule has 0 bridgehead atoms. The Kier molecular flexibility index (Phi) is 5.00. The Morgan fingerprint density at radius 3 is 2.30 bits per heavy atom. The van der Waals surface area contributed by atoms with Crippen molar-refractivity contribution >= 4 is 21.6 Å². The number of sulfonamides is 1. The Hall–Kier alpha value is -2.41. The highest BCUT2D eigenvalue weighted by atomic mass is 32.2. The predicted octanol–water partition coefficient (Wildman–Crippen LogP) is 2.69. The van der Waals surface area contributed by atoms with E-state index in [2.05, 4.69) is 10.0 Å². The summed E-state index contributed by atoms with van der Waals surface area (Å²) in [5.74, 6) is -0.774. The monoisotopic (exact) mass is 336 g/mol. The molecule has 2 aromatic rings. The molecule has 0 aliphatic rings. The van der Waals surface area contributed by atoms with Crippen LogP contribution in [0.1, 0.15) is 28.9 Å². The summed E-state index contributed by atoms with van der Waals surface area (Å²) in [7, 11) is -3.49. The summed E-state index contributed by atoms with van der Waals surface area (Å²) < 4.78 is 38.0. The molecule has 0 fully saturated rings. The standard InChI is InChI=1S/C16H17FN2O3S/c1-11(12-7-9-13(17)10-8-12)18-16(20)14-5-3-4-6-15(14)19-23(2,21)22/h3-11,19H,1-2H3,(H,18,20)/t11-/m1/s1. The second-order valence-electron chi connectivity index (χ2n) is 5.17. The molecule has 2 N–H and O–H groups in total. The van der Waals surface area contributed by atoms with Crippen LogP contribution in [0.25, 0.3) is 0 Å². The third-order valence-corrected chi connectivity index (χ3v) is 3.78. The molecule has 0 spiro atoms. The number of carbonyl (C=O) groups excluding carboxylic acids is 1. The first-order valence-corrected chi connectivity index (χ1v) is 8.78. The first-order valence-electron chi connectivity index (χ1n) is 6.89. The van der Waals surface area contributed by atoms with Gasteiger partial charge in [0, 0.05) is 0 Å². The molecule has 2 rings (SSSR count). The smallest absolute Gasteiger partial charge is 0.253 e. The van der Waals surface area contributed by atoms with E-state index in [1.807, 2.05) is 0 Å². The van der Waals surface area contributed by atoms with Crippen LogP contribution < -0.4 is 10.0 Å². The van der Waals surface area contributed by atoms with Gasteiger partial charge in [-0.2, -0.15) is 0 Å². The third kappa shape index (κ3) is 4.79. The SMILES string of the molecule is C[C@@H](NC(=O)c1ccccc1NS(C)(=O)=O)c1ccc(F)cc1. The van der Waals surface area contributed by atoms with Gasteiger partial charge < -0.3 is 5.32 Å². The number of carbonyl (C=O) groups is 1. The minimum Gasteiger partial charge on any atom is -0.345 e. The molecule has 0 unspecified atom stereocenters. The van der Waals surface area contributed by atoms with E-state index >= 15 is 0 Å². The van der Waals surface area contributed by atoms with E-state index in [1.165, 1.54) is 24.3 Å². The molecule has 0 aliphatic carbocycles. The predicted molar refractivity (Wildman–Crippen MR) is 87.2 cm³/mol. The highest BCUT2D eigenvalue weighted by Gasteiger charge is 2.16. The van der Waals surface area contributed by atoms with Gasteiger partial charge in [-0.3, -0.25) is 9.52 Å². The molecule has 1 atom stereocenters. The minimum absolute atomic E-state index is 0.207. The van der Waals surface area contributed by atoms with E-state index in [0.717, 1.165) is 11.8 Å². The second kappa shape index (κ2) is 6.78. The zero-order valence-corrected chi connectivity index (χ0v) is 13.5. The molecule has 0 heterocycles. The zero-order valence-electron chi connectivity index (χ0n) is 12.7. The van der Waals surface area contributed by atoms with Crippen molar-refractivity contribution in [1.29, 1.82) is 0 Å². The molecule has 1 amide bonds. The molecule has 7 heteroatoms. The Balaban J connectivity index is 2.19. The van der Waals surface area contributed by atoms with Crippen molar-refractivity contribution in [2.75, 3.05) is 11.0 Å². The summed E-state index contributed by atoms with van der Waals surface area (Å²) in [6.45, 7) is 1.76. The van der Waals surface area contributed by atoms with E-state index in [1.54, 1.807) is 31.2 Å². The fourth-order valence-electron chi connectivity index (χ4n) is 2.08. The first-order chi connectivity index (χ1) is 10.8. The number of anilines is 1. The molecule has 2 aromatic carbocycles. The van der Waals surface area contributed by atoms with E-state index in [4.69, 9.17) is 0 Å². The van der Waals surface area contributed by atoms with Gasteiger partial charge in [-0.05, 0) is 36.8 Å². The lowest BCUT2D eigenvalue weighted by Crippen LogP contribution is -2.27. The molecule has 0 aliphatic heterocycles. The van der Waals surface area contributed by atoms with Crippen molar-refractivity contribution in [3.63, 3.8) is 0 Å². The summed E-state index contributed by atoms with van der Waals surface area (Å²) in [5.41, 5.74) is 1.17. The van der Waals surface area contributed by atoms with E-state index in [9.17, 15) is 17.6 Å². The van der Waals surface area contributed by atoms with Gasteiger partial charge >= 0.3 is 0 Å². The third-order valence-electron chi connectivity index (χ3n) is 3.18. The summed E-state index contributed by atoms with van der Waals surface area (Å²) in [4.78, 5) is 12.4. The van der Waals surface area contributed by atoms with Crippen LogP contribution in [0.15, 0.2) is 48.5 Å². The number of benzene rings is 2. The number of halogens is 1. The number of hydrogen-bond donors (Lipinski definition) is 2. The summed E-state index contributed by atoms with van der Waals surface area (Å²) in [6.07, 6.45) is 1.02. The number of amides is 1. The summed E-state index contributed by atoms with van der Waals surface area (Å²) in [6, 6.07) is 11.8. The maximum absolute atomic E-state index is 12.9. The largest absolute Gasteiger partial charge is 0.345 e. The highest BCUT2D eigenvalue weighted by Crippen LogP contribution is 2.19. The van der Waals surface area contributed by atoms with Crippen LogP contribution in [0.5, 0.6) is 0 Å². The van der Waals surface area contributed by atoms with Crippen molar-refractivity contribution in [2.45, 2.75) is 13.0 Å². The van der Waals surface area contributed by atoms with Crippen LogP contribution in [0.2, 0.25) is 0 Å².